The Balaban J connectivity index is 1.43. The first-order chi connectivity index (χ1) is 13.6. The fourth-order valence-electron chi connectivity index (χ4n) is 3.82. The molecule has 0 amide bonds. The van der Waals surface area contributed by atoms with Crippen molar-refractivity contribution in [1.82, 2.24) is 19.5 Å². The highest BCUT2D eigenvalue weighted by Gasteiger charge is 2.60. The first-order valence-corrected chi connectivity index (χ1v) is 10.0. The number of aromatic nitrogens is 4. The van der Waals surface area contributed by atoms with Gasteiger partial charge in [-0.3, -0.25) is 4.57 Å². The molecule has 0 saturated carbocycles. The summed E-state index contributed by atoms with van der Waals surface area (Å²) in [6, 6.07) is 7.84. The number of anilines is 1. The molecule has 2 aromatic heterocycles. The van der Waals surface area contributed by atoms with E-state index in [4.69, 9.17) is 15.2 Å². The van der Waals surface area contributed by atoms with Gasteiger partial charge in [0.25, 0.3) is 0 Å². The van der Waals surface area contributed by atoms with Gasteiger partial charge in [-0.05, 0) is 40.3 Å². The largest absolute Gasteiger partial charge is 0.393 e. The molecule has 0 spiro atoms. The predicted octanol–water partition coefficient (Wildman–Crippen LogP) is 1.03. The minimum Gasteiger partial charge on any atom is -0.393 e. The van der Waals surface area contributed by atoms with Crippen LogP contribution in [0.3, 0.4) is 0 Å². The molecule has 2 bridgehead atoms. The van der Waals surface area contributed by atoms with Crippen LogP contribution in [0, 0.1) is 3.57 Å². The van der Waals surface area contributed by atoms with Crippen molar-refractivity contribution in [3.8, 4) is 0 Å². The minimum atomic E-state index is -0.871. The van der Waals surface area contributed by atoms with E-state index in [1.54, 1.807) is 10.9 Å². The predicted molar refractivity (Wildman–Crippen MR) is 109 cm³/mol. The first kappa shape index (κ1) is 18.2. The normalized spacial score (nSPS) is 28.9. The molecule has 4 atom stereocenters. The Labute approximate surface area is 174 Å². The van der Waals surface area contributed by atoms with Crippen molar-refractivity contribution in [2.45, 2.75) is 30.5 Å². The number of nitrogens with one attached hydrogen (secondary N) is 1. The summed E-state index contributed by atoms with van der Waals surface area (Å²) in [5, 5.41) is 13.1. The van der Waals surface area contributed by atoms with Gasteiger partial charge in [0.2, 0.25) is 0 Å². The van der Waals surface area contributed by atoms with Crippen LogP contribution in [-0.4, -0.2) is 55.6 Å². The van der Waals surface area contributed by atoms with E-state index in [0.29, 0.717) is 23.5 Å². The molecule has 5 rings (SSSR count). The number of aliphatic hydroxyl groups excluding tert-OH is 1. The highest BCUT2D eigenvalue weighted by atomic mass is 127. The van der Waals surface area contributed by atoms with Gasteiger partial charge in [0.05, 0.1) is 25.6 Å². The average molecular weight is 494 g/mol. The Morgan fingerprint density at radius 3 is 3.04 bits per heavy atom. The topological polar surface area (TPSA) is 120 Å². The molecule has 1 aromatic carbocycles. The Morgan fingerprint density at radius 1 is 1.36 bits per heavy atom. The Bertz CT molecular complexity index is 1030. The van der Waals surface area contributed by atoms with Crippen LogP contribution >= 0.6 is 22.6 Å². The third kappa shape index (κ3) is 2.78. The summed E-state index contributed by atoms with van der Waals surface area (Å²) >= 11 is 2.29. The SMILES string of the molecule is NC1[C@@H]2OC[C@@]1(CO)O[C@H]2n1cnc2c(NCc3cccc(I)c3)ncnc21. The Kier molecular flexibility index (Phi) is 4.47. The van der Waals surface area contributed by atoms with Crippen molar-refractivity contribution in [2.24, 2.45) is 5.73 Å². The Hall–Kier alpha value is -1.86. The molecule has 2 saturated heterocycles. The van der Waals surface area contributed by atoms with Crippen LogP contribution in [-0.2, 0) is 16.0 Å². The van der Waals surface area contributed by atoms with Gasteiger partial charge in [0.15, 0.2) is 23.2 Å². The van der Waals surface area contributed by atoms with Crippen molar-refractivity contribution >= 4 is 39.6 Å². The van der Waals surface area contributed by atoms with Crippen LogP contribution in [0.15, 0.2) is 36.9 Å². The molecule has 10 heteroatoms. The molecule has 146 valence electrons. The molecular formula is C18H19IN6O3. The highest BCUT2D eigenvalue weighted by molar-refractivity contribution is 14.1. The summed E-state index contributed by atoms with van der Waals surface area (Å²) in [6.45, 7) is 0.724. The van der Waals surface area contributed by atoms with Crippen molar-refractivity contribution < 1.29 is 14.6 Å². The number of nitrogens with zero attached hydrogens (tertiary/aromatic N) is 4. The second kappa shape index (κ2) is 6.88. The van der Waals surface area contributed by atoms with Gasteiger partial charge in [-0.1, -0.05) is 12.1 Å². The lowest BCUT2D eigenvalue weighted by Gasteiger charge is -2.29. The first-order valence-electron chi connectivity index (χ1n) is 8.93. The molecule has 9 nitrogen and oxygen atoms in total. The van der Waals surface area contributed by atoms with Crippen molar-refractivity contribution in [3.63, 3.8) is 0 Å². The number of hydrogen-bond acceptors (Lipinski definition) is 8. The van der Waals surface area contributed by atoms with E-state index in [0.717, 1.165) is 5.56 Å². The second-order valence-corrected chi connectivity index (χ2v) is 8.31. The summed E-state index contributed by atoms with van der Waals surface area (Å²) in [5.74, 6) is 0.646. The van der Waals surface area contributed by atoms with Crippen LogP contribution in [0.4, 0.5) is 5.82 Å². The third-order valence-electron chi connectivity index (χ3n) is 5.37. The number of rotatable bonds is 5. The fraction of sp³-hybridized carbons (Fsp3) is 0.389. The van der Waals surface area contributed by atoms with E-state index in [1.807, 2.05) is 6.07 Å². The third-order valence-corrected chi connectivity index (χ3v) is 6.04. The van der Waals surface area contributed by atoms with E-state index >= 15 is 0 Å². The molecule has 2 fully saturated rings. The van der Waals surface area contributed by atoms with Gasteiger partial charge in [-0.15, -0.1) is 0 Å². The van der Waals surface area contributed by atoms with Gasteiger partial charge in [-0.2, -0.15) is 0 Å². The lowest BCUT2D eigenvalue weighted by Crippen LogP contribution is -2.48. The van der Waals surface area contributed by atoms with Gasteiger partial charge in [-0.25, -0.2) is 15.0 Å². The molecule has 1 unspecified atom stereocenters. The van der Waals surface area contributed by atoms with Crippen LogP contribution < -0.4 is 11.1 Å². The smallest absolute Gasteiger partial charge is 0.167 e. The number of hydrogen-bond donors (Lipinski definition) is 3. The Morgan fingerprint density at radius 2 is 2.25 bits per heavy atom. The highest BCUT2D eigenvalue weighted by Crippen LogP contribution is 2.44. The zero-order valence-electron chi connectivity index (χ0n) is 14.8. The van der Waals surface area contributed by atoms with Crippen molar-refractivity contribution in [1.29, 1.82) is 0 Å². The van der Waals surface area contributed by atoms with Crippen LogP contribution in [0.2, 0.25) is 0 Å². The van der Waals surface area contributed by atoms with Gasteiger partial charge >= 0.3 is 0 Å². The monoisotopic (exact) mass is 494 g/mol. The second-order valence-electron chi connectivity index (χ2n) is 7.06. The molecule has 0 radical (unpaired) electrons. The number of halogens is 1. The maximum atomic E-state index is 9.74. The fourth-order valence-corrected chi connectivity index (χ4v) is 4.43. The van der Waals surface area contributed by atoms with Crippen molar-refractivity contribution in [3.05, 3.63) is 46.1 Å². The standard InChI is InChI=1S/C18H19IN6O3/c19-11-3-1-2-10(4-11)5-21-15-12-16(23-8-22-15)25(9-24-12)17-13-14(20)18(6-26,28-17)7-27-13/h1-4,8-9,13-14,17,26H,5-7,20H2,(H,21,22,23)/t13-,14?,17+,18+/m0/s1. The molecule has 4 N–H and O–H groups in total. The summed E-state index contributed by atoms with van der Waals surface area (Å²) in [6.07, 6.45) is 2.30. The number of benzene rings is 1. The minimum absolute atomic E-state index is 0.189. The molecule has 3 aromatic rings. The maximum Gasteiger partial charge on any atom is 0.167 e. The summed E-state index contributed by atoms with van der Waals surface area (Å²) < 4.78 is 14.8. The quantitative estimate of drug-likeness (QED) is 0.450. The average Bonchev–Trinajstić information content (AvgIpc) is 3.36. The summed E-state index contributed by atoms with van der Waals surface area (Å²) in [7, 11) is 0. The van der Waals surface area contributed by atoms with Crippen molar-refractivity contribution in [2.75, 3.05) is 18.5 Å². The number of ether oxygens (including phenoxy) is 2. The molecule has 4 heterocycles. The summed E-state index contributed by atoms with van der Waals surface area (Å²) in [5.41, 5.74) is 7.79. The molecule has 2 aliphatic rings. The molecule has 2 aliphatic heterocycles. The molecule has 28 heavy (non-hydrogen) atoms. The van der Waals surface area contributed by atoms with Crippen LogP contribution in [0.1, 0.15) is 11.8 Å². The number of fused-ring (bicyclic) bond motifs is 3. The van der Waals surface area contributed by atoms with E-state index in [9.17, 15) is 5.11 Å². The molecule has 0 aliphatic carbocycles. The van der Waals surface area contributed by atoms with Gasteiger partial charge < -0.3 is 25.6 Å². The maximum absolute atomic E-state index is 9.74. The lowest BCUT2D eigenvalue weighted by molar-refractivity contribution is -0.182. The van der Waals surface area contributed by atoms with Gasteiger partial charge in [0.1, 0.15) is 18.0 Å². The van der Waals surface area contributed by atoms with Gasteiger partial charge in [0, 0.05) is 10.1 Å². The number of imidazole rings is 1. The number of aliphatic hydroxyl groups is 1. The number of nitrogens with two attached hydrogens (primary N) is 1. The van der Waals surface area contributed by atoms with E-state index in [-0.39, 0.29) is 19.3 Å². The zero-order chi connectivity index (χ0) is 19.3. The zero-order valence-corrected chi connectivity index (χ0v) is 17.0. The lowest BCUT2D eigenvalue weighted by atomic mass is 9.98. The summed E-state index contributed by atoms with van der Waals surface area (Å²) in [4.78, 5) is 13.2. The van der Waals surface area contributed by atoms with E-state index in [2.05, 4.69) is 61.1 Å². The van der Waals surface area contributed by atoms with Crippen LogP contribution in [0.25, 0.3) is 11.2 Å². The van der Waals surface area contributed by atoms with E-state index in [1.165, 1.54) is 9.90 Å². The van der Waals surface area contributed by atoms with E-state index < -0.39 is 17.9 Å². The molecular weight excluding hydrogens is 475 g/mol. The van der Waals surface area contributed by atoms with Crippen LogP contribution in [0.5, 0.6) is 0 Å².